The Labute approximate surface area is 231 Å². The minimum Gasteiger partial charge on any atom is -0.494 e. The Bertz CT molecular complexity index is 1340. The molecule has 0 spiro atoms. The lowest BCUT2D eigenvalue weighted by Crippen LogP contribution is -2.48. The van der Waals surface area contributed by atoms with Crippen LogP contribution in [0.1, 0.15) is 34.2 Å². The summed E-state index contributed by atoms with van der Waals surface area (Å²) in [6.45, 7) is -0.475. The maximum atomic E-state index is 13.5. The fourth-order valence-electron chi connectivity index (χ4n) is 4.23. The van der Waals surface area contributed by atoms with Crippen molar-refractivity contribution in [2.75, 3.05) is 19.8 Å². The largest absolute Gasteiger partial charge is 0.494 e. The fraction of sp³-hybridized carbons (Fsp3) is 0.310. The van der Waals surface area contributed by atoms with Crippen LogP contribution in [0.2, 0.25) is 0 Å². The van der Waals surface area contributed by atoms with Crippen molar-refractivity contribution in [1.82, 2.24) is 5.32 Å². The highest BCUT2D eigenvalue weighted by Crippen LogP contribution is 2.36. The zero-order valence-electron chi connectivity index (χ0n) is 21.6. The molecule has 0 aromatic heterocycles. The third kappa shape index (κ3) is 7.57. The molecule has 2 N–H and O–H groups in total. The molecule has 3 aromatic rings. The second-order valence-corrected chi connectivity index (χ2v) is 9.45. The van der Waals surface area contributed by atoms with Crippen LogP contribution in [0.15, 0.2) is 77.8 Å². The first kappa shape index (κ1) is 29.9. The van der Waals surface area contributed by atoms with Gasteiger partial charge >= 0.3 is 12.4 Å². The minimum atomic E-state index is -5.01. The van der Waals surface area contributed by atoms with E-state index in [0.29, 0.717) is 36.5 Å². The van der Waals surface area contributed by atoms with Gasteiger partial charge in [-0.1, -0.05) is 30.3 Å². The number of nitrogens with one attached hydrogen (secondary N) is 1. The topological polar surface area (TPSA) is 80.2 Å². The first-order chi connectivity index (χ1) is 19.4. The third-order valence-corrected chi connectivity index (χ3v) is 6.30. The van der Waals surface area contributed by atoms with Gasteiger partial charge < -0.3 is 19.9 Å². The second kappa shape index (κ2) is 12.2. The van der Waals surface area contributed by atoms with E-state index in [-0.39, 0.29) is 37.2 Å². The van der Waals surface area contributed by atoms with E-state index >= 15 is 0 Å². The number of hydrogen-bond donors (Lipinski definition) is 2. The number of rotatable bonds is 10. The van der Waals surface area contributed by atoms with Crippen molar-refractivity contribution in [2.45, 2.75) is 37.3 Å². The summed E-state index contributed by atoms with van der Waals surface area (Å²) >= 11 is 0. The molecule has 1 aliphatic heterocycles. The molecular formula is C29H26F6N2O4. The normalized spacial score (nSPS) is 17.1. The van der Waals surface area contributed by atoms with E-state index in [1.165, 1.54) is 0 Å². The van der Waals surface area contributed by atoms with Gasteiger partial charge in [0.25, 0.3) is 5.91 Å². The summed E-state index contributed by atoms with van der Waals surface area (Å²) in [7, 11) is 0. The molecule has 1 amide bonds. The SMILES string of the molecule is O=C(NCc1cc(C(F)(F)F)cc(C(F)(F)F)c1)[C@@]1(Cc2ccccc2)COC(c2ccc(OCCCO)cc2)=N1. The zero-order valence-corrected chi connectivity index (χ0v) is 21.6. The number of aliphatic hydroxyl groups excluding tert-OH is 1. The lowest BCUT2D eigenvalue weighted by Gasteiger charge is -2.23. The van der Waals surface area contributed by atoms with Crippen molar-refractivity contribution in [1.29, 1.82) is 0 Å². The van der Waals surface area contributed by atoms with Crippen molar-refractivity contribution >= 4 is 11.8 Å². The molecule has 0 bridgehead atoms. The van der Waals surface area contributed by atoms with Gasteiger partial charge in [0.2, 0.25) is 5.90 Å². The quantitative estimate of drug-likeness (QED) is 0.243. The highest BCUT2D eigenvalue weighted by atomic mass is 19.4. The van der Waals surface area contributed by atoms with E-state index in [1.807, 2.05) is 0 Å². The van der Waals surface area contributed by atoms with Crippen molar-refractivity contribution in [2.24, 2.45) is 4.99 Å². The number of aliphatic imine (C=N–C) groups is 1. The molecular weight excluding hydrogens is 554 g/mol. The van der Waals surface area contributed by atoms with Crippen LogP contribution in [-0.2, 0) is 34.8 Å². The monoisotopic (exact) mass is 580 g/mol. The van der Waals surface area contributed by atoms with Crippen molar-refractivity contribution in [3.05, 3.63) is 101 Å². The number of ether oxygens (including phenoxy) is 2. The molecule has 3 aromatic carbocycles. The molecule has 0 radical (unpaired) electrons. The van der Waals surface area contributed by atoms with E-state index in [4.69, 9.17) is 14.6 Å². The summed E-state index contributed by atoms with van der Waals surface area (Å²) in [5.74, 6) is -0.0175. The summed E-state index contributed by atoms with van der Waals surface area (Å²) < 4.78 is 91.0. The van der Waals surface area contributed by atoms with E-state index < -0.39 is 41.5 Å². The van der Waals surface area contributed by atoms with Gasteiger partial charge in [0.1, 0.15) is 12.4 Å². The van der Waals surface area contributed by atoms with Crippen LogP contribution < -0.4 is 10.1 Å². The number of benzene rings is 3. The number of aliphatic hydroxyl groups is 1. The molecule has 1 atom stereocenters. The molecule has 0 aliphatic carbocycles. The number of hydrogen-bond acceptors (Lipinski definition) is 5. The molecule has 1 heterocycles. The Morgan fingerprint density at radius 1 is 0.927 bits per heavy atom. The van der Waals surface area contributed by atoms with Crippen LogP contribution in [0.4, 0.5) is 26.3 Å². The molecule has 12 heteroatoms. The van der Waals surface area contributed by atoms with Gasteiger partial charge in [0.15, 0.2) is 5.54 Å². The van der Waals surface area contributed by atoms with Gasteiger partial charge in [-0.05, 0) is 53.6 Å². The first-order valence-corrected chi connectivity index (χ1v) is 12.6. The Kier molecular flexibility index (Phi) is 8.91. The van der Waals surface area contributed by atoms with Crippen LogP contribution in [0.25, 0.3) is 0 Å². The minimum absolute atomic E-state index is 0.00839. The summed E-state index contributed by atoms with van der Waals surface area (Å²) in [5.41, 5.74) is -3.57. The van der Waals surface area contributed by atoms with Gasteiger partial charge in [-0.2, -0.15) is 26.3 Å². The molecule has 0 fully saturated rings. The third-order valence-electron chi connectivity index (χ3n) is 6.30. The van der Waals surface area contributed by atoms with E-state index in [0.717, 1.165) is 5.56 Å². The summed E-state index contributed by atoms with van der Waals surface area (Å²) in [6, 6.07) is 16.7. The number of nitrogens with zero attached hydrogens (tertiary/aromatic N) is 1. The number of alkyl halides is 6. The molecule has 41 heavy (non-hydrogen) atoms. The maximum Gasteiger partial charge on any atom is 0.416 e. The predicted molar refractivity (Wildman–Crippen MR) is 137 cm³/mol. The fourth-order valence-corrected chi connectivity index (χ4v) is 4.23. The molecule has 6 nitrogen and oxygen atoms in total. The Morgan fingerprint density at radius 3 is 2.15 bits per heavy atom. The van der Waals surface area contributed by atoms with Gasteiger partial charge in [-0.25, -0.2) is 4.99 Å². The van der Waals surface area contributed by atoms with Crippen LogP contribution in [-0.4, -0.2) is 42.3 Å². The average Bonchev–Trinajstić information content (AvgIpc) is 3.37. The second-order valence-electron chi connectivity index (χ2n) is 9.45. The van der Waals surface area contributed by atoms with Crippen LogP contribution >= 0.6 is 0 Å². The number of carbonyl (C=O) groups is 1. The lowest BCUT2D eigenvalue weighted by atomic mass is 9.91. The van der Waals surface area contributed by atoms with Crippen molar-refractivity contribution in [3.8, 4) is 5.75 Å². The standard InChI is InChI=1S/C29H26F6N2O4/c30-28(31,32)22-13-20(14-23(15-22)29(33,34)35)17-36-26(39)27(16-19-5-2-1-3-6-19)18-41-25(37-27)21-7-9-24(10-8-21)40-12-4-11-38/h1-3,5-10,13-15,38H,4,11-12,16-18H2,(H,36,39)/t27-/m1/s1. The zero-order chi connectivity index (χ0) is 29.7. The summed E-state index contributed by atoms with van der Waals surface area (Å²) in [5, 5.41) is 11.4. The Hall–Kier alpha value is -4.06. The summed E-state index contributed by atoms with van der Waals surface area (Å²) in [4.78, 5) is 18.1. The van der Waals surface area contributed by atoms with Gasteiger partial charge in [0.05, 0.1) is 17.7 Å². The van der Waals surface area contributed by atoms with Crippen molar-refractivity contribution in [3.63, 3.8) is 0 Å². The molecule has 0 unspecified atom stereocenters. The predicted octanol–water partition coefficient (Wildman–Crippen LogP) is 5.56. The highest BCUT2D eigenvalue weighted by molar-refractivity contribution is 6.00. The Morgan fingerprint density at radius 2 is 1.56 bits per heavy atom. The number of amides is 1. The summed E-state index contributed by atoms with van der Waals surface area (Å²) in [6.07, 6.45) is -9.48. The van der Waals surface area contributed by atoms with E-state index in [9.17, 15) is 31.1 Å². The maximum absolute atomic E-state index is 13.5. The van der Waals surface area contributed by atoms with E-state index in [2.05, 4.69) is 10.3 Å². The molecule has 4 rings (SSSR count). The van der Waals surface area contributed by atoms with Crippen molar-refractivity contribution < 1.29 is 45.7 Å². The number of carbonyl (C=O) groups excluding carboxylic acids is 1. The van der Waals surface area contributed by atoms with Crippen LogP contribution in [0.3, 0.4) is 0 Å². The van der Waals surface area contributed by atoms with E-state index in [1.54, 1.807) is 54.6 Å². The molecule has 218 valence electrons. The molecule has 0 saturated heterocycles. The van der Waals surface area contributed by atoms with Crippen LogP contribution in [0, 0.1) is 0 Å². The molecule has 1 aliphatic rings. The van der Waals surface area contributed by atoms with Gasteiger partial charge in [0, 0.05) is 31.6 Å². The van der Waals surface area contributed by atoms with Gasteiger partial charge in [-0.15, -0.1) is 0 Å². The van der Waals surface area contributed by atoms with Crippen LogP contribution in [0.5, 0.6) is 5.75 Å². The lowest BCUT2D eigenvalue weighted by molar-refractivity contribution is -0.143. The first-order valence-electron chi connectivity index (χ1n) is 12.6. The smallest absolute Gasteiger partial charge is 0.416 e. The van der Waals surface area contributed by atoms with Gasteiger partial charge in [-0.3, -0.25) is 4.79 Å². The average molecular weight is 581 g/mol. The molecule has 0 saturated carbocycles. The Balaban J connectivity index is 1.59. The highest BCUT2D eigenvalue weighted by Gasteiger charge is 2.44. The number of halogens is 6.